The Morgan fingerprint density at radius 1 is 0.926 bits per heavy atom. The lowest BCUT2D eigenvalue weighted by Gasteiger charge is -2.10. The molecular weight excluding hydrogens is 332 g/mol. The Morgan fingerprint density at radius 3 is 2.07 bits per heavy atom. The fourth-order valence-electron chi connectivity index (χ4n) is 3.41. The van der Waals surface area contributed by atoms with Crippen LogP contribution < -0.4 is 0 Å². The molecule has 1 aromatic heterocycles. The Hall–Kier alpha value is -1.38. The van der Waals surface area contributed by atoms with Crippen LogP contribution in [0.2, 0.25) is 0 Å². The maximum atomic E-state index is 12.3. The van der Waals surface area contributed by atoms with Gasteiger partial charge in [-0.2, -0.15) is 0 Å². The number of unbranched alkanes of at least 4 members (excludes halogenated alkanes) is 11. The van der Waals surface area contributed by atoms with Crippen molar-refractivity contribution in [3.05, 3.63) is 30.4 Å². The third-order valence-corrected chi connectivity index (χ3v) is 5.14. The summed E-state index contributed by atoms with van der Waals surface area (Å²) in [5.41, 5.74) is 0. The monoisotopic (exact) mass is 374 g/mol. The normalized spacial score (nSPS) is 11.7. The van der Waals surface area contributed by atoms with Gasteiger partial charge in [0.05, 0.1) is 0 Å². The van der Waals surface area contributed by atoms with Crippen LogP contribution in [0.1, 0.15) is 127 Å². The van der Waals surface area contributed by atoms with Crippen LogP contribution in [-0.2, 0) is 0 Å². The average Bonchev–Trinajstić information content (AvgIpc) is 3.15. The number of rotatable bonds is 17. The van der Waals surface area contributed by atoms with Gasteiger partial charge in [-0.3, -0.25) is 4.79 Å². The van der Waals surface area contributed by atoms with E-state index in [2.05, 4.69) is 37.9 Å². The molecular formula is C24H42N2O. The van der Waals surface area contributed by atoms with Crippen LogP contribution in [0.3, 0.4) is 0 Å². The molecule has 0 unspecified atom stereocenters. The van der Waals surface area contributed by atoms with E-state index in [1.54, 1.807) is 6.20 Å². The molecule has 1 heterocycles. The second-order valence-corrected chi connectivity index (χ2v) is 8.01. The molecule has 0 aliphatic rings. The maximum absolute atomic E-state index is 12.3. The van der Waals surface area contributed by atoms with E-state index >= 15 is 0 Å². The summed E-state index contributed by atoms with van der Waals surface area (Å²) in [6.07, 6.45) is 25.6. The molecule has 3 nitrogen and oxygen atoms in total. The van der Waals surface area contributed by atoms with E-state index in [0.29, 0.717) is 18.3 Å². The van der Waals surface area contributed by atoms with Gasteiger partial charge in [0.25, 0.3) is 0 Å². The van der Waals surface area contributed by atoms with Crippen molar-refractivity contribution in [3.8, 4) is 0 Å². The summed E-state index contributed by atoms with van der Waals surface area (Å²) in [7, 11) is 0. The van der Waals surface area contributed by atoms with Crippen LogP contribution in [-0.4, -0.2) is 15.3 Å². The van der Waals surface area contributed by atoms with Gasteiger partial charge >= 0.3 is 0 Å². The number of ketones is 1. The minimum atomic E-state index is 0.186. The third kappa shape index (κ3) is 11.1. The fraction of sp³-hybridized carbons (Fsp3) is 0.750. The number of Topliss-reactive ketones (excluding diaryl/α,β-unsaturated/α-hetero) is 1. The molecule has 0 bridgehead atoms. The highest BCUT2D eigenvalue weighted by atomic mass is 16.1. The van der Waals surface area contributed by atoms with E-state index in [1.807, 2.05) is 10.8 Å². The molecule has 27 heavy (non-hydrogen) atoms. The van der Waals surface area contributed by atoms with E-state index < -0.39 is 0 Å². The fourth-order valence-corrected chi connectivity index (χ4v) is 3.41. The van der Waals surface area contributed by atoms with Gasteiger partial charge in [-0.1, -0.05) is 70.4 Å². The Balaban J connectivity index is 1.93. The molecule has 0 fully saturated rings. The summed E-state index contributed by atoms with van der Waals surface area (Å²) in [5.74, 6) is 0.812. The molecule has 0 saturated heterocycles. The molecule has 0 aliphatic carbocycles. The lowest BCUT2D eigenvalue weighted by molar-refractivity contribution is 0.0963. The zero-order valence-electron chi connectivity index (χ0n) is 18.1. The lowest BCUT2D eigenvalue weighted by Crippen LogP contribution is -2.11. The van der Waals surface area contributed by atoms with E-state index in [4.69, 9.17) is 0 Å². The van der Waals surface area contributed by atoms with Crippen LogP contribution in [0, 0.1) is 0 Å². The van der Waals surface area contributed by atoms with Crippen LogP contribution >= 0.6 is 0 Å². The molecule has 0 aromatic carbocycles. The second-order valence-electron chi connectivity index (χ2n) is 8.01. The van der Waals surface area contributed by atoms with Crippen LogP contribution in [0.15, 0.2) is 24.5 Å². The standard InChI is InChI=1S/C24H42N2O/c1-4-5-6-7-8-9-10-11-12-13-14-15-16-17-18-19-23(27)24-25-20-21-26(24)22(2)3/h11-12,20-22H,4-10,13-19H2,1-3H3. The van der Waals surface area contributed by atoms with Crippen molar-refractivity contribution in [1.29, 1.82) is 0 Å². The highest BCUT2D eigenvalue weighted by Crippen LogP contribution is 2.14. The number of aromatic nitrogens is 2. The van der Waals surface area contributed by atoms with E-state index in [-0.39, 0.29) is 5.78 Å². The Kier molecular flexibility index (Phi) is 13.7. The van der Waals surface area contributed by atoms with Crippen molar-refractivity contribution >= 4 is 5.78 Å². The minimum absolute atomic E-state index is 0.186. The Morgan fingerprint density at radius 2 is 1.48 bits per heavy atom. The number of carbonyl (C=O) groups is 1. The van der Waals surface area contributed by atoms with Gasteiger partial charge in [0, 0.05) is 24.9 Å². The van der Waals surface area contributed by atoms with E-state index in [0.717, 1.165) is 12.8 Å². The van der Waals surface area contributed by atoms with Gasteiger partial charge in [0.1, 0.15) is 0 Å². The van der Waals surface area contributed by atoms with Crippen LogP contribution in [0.5, 0.6) is 0 Å². The molecule has 154 valence electrons. The van der Waals surface area contributed by atoms with E-state index in [9.17, 15) is 4.79 Å². The summed E-state index contributed by atoms with van der Waals surface area (Å²) < 4.78 is 1.97. The molecule has 1 aromatic rings. The molecule has 1 rings (SSSR count). The van der Waals surface area contributed by atoms with Crippen molar-refractivity contribution < 1.29 is 4.79 Å². The number of hydrogen-bond donors (Lipinski definition) is 0. The van der Waals surface area contributed by atoms with Gasteiger partial charge in [0.15, 0.2) is 11.6 Å². The van der Waals surface area contributed by atoms with E-state index in [1.165, 1.54) is 70.6 Å². The predicted octanol–water partition coefficient (Wildman–Crippen LogP) is 7.68. The first-order chi connectivity index (χ1) is 13.2. The quantitative estimate of drug-likeness (QED) is 0.159. The molecule has 0 atom stereocenters. The molecule has 0 aliphatic heterocycles. The SMILES string of the molecule is CCCCCCCCC=CCCCCCCCC(=O)c1nccn1C(C)C. The second kappa shape index (κ2) is 15.7. The van der Waals surface area contributed by atoms with Gasteiger partial charge < -0.3 is 4.57 Å². The van der Waals surface area contributed by atoms with Crippen LogP contribution in [0.4, 0.5) is 0 Å². The molecule has 0 spiro atoms. The summed E-state index contributed by atoms with van der Waals surface area (Å²) in [4.78, 5) is 16.5. The number of carbonyl (C=O) groups excluding carboxylic acids is 1. The molecule has 0 radical (unpaired) electrons. The number of nitrogens with zero attached hydrogens (tertiary/aromatic N) is 2. The van der Waals surface area contributed by atoms with Crippen molar-refractivity contribution in [1.82, 2.24) is 9.55 Å². The summed E-state index contributed by atoms with van der Waals surface area (Å²) >= 11 is 0. The number of hydrogen-bond acceptors (Lipinski definition) is 2. The largest absolute Gasteiger partial charge is 0.326 e. The Labute approximate surface area is 167 Å². The predicted molar refractivity (Wildman–Crippen MR) is 116 cm³/mol. The topological polar surface area (TPSA) is 34.9 Å². The summed E-state index contributed by atoms with van der Waals surface area (Å²) in [6.45, 7) is 6.44. The number of imidazole rings is 1. The highest BCUT2D eigenvalue weighted by Gasteiger charge is 2.13. The maximum Gasteiger partial charge on any atom is 0.198 e. The van der Waals surface area contributed by atoms with Gasteiger partial charge in [-0.05, 0) is 46.0 Å². The molecule has 3 heteroatoms. The van der Waals surface area contributed by atoms with Crippen molar-refractivity contribution in [2.45, 2.75) is 117 Å². The van der Waals surface area contributed by atoms with Crippen LogP contribution in [0.25, 0.3) is 0 Å². The zero-order chi connectivity index (χ0) is 19.7. The van der Waals surface area contributed by atoms with Crippen molar-refractivity contribution in [2.75, 3.05) is 0 Å². The zero-order valence-corrected chi connectivity index (χ0v) is 18.1. The minimum Gasteiger partial charge on any atom is -0.326 e. The average molecular weight is 375 g/mol. The molecule has 0 N–H and O–H groups in total. The highest BCUT2D eigenvalue weighted by molar-refractivity contribution is 5.92. The van der Waals surface area contributed by atoms with Crippen molar-refractivity contribution in [2.24, 2.45) is 0 Å². The first-order valence-electron chi connectivity index (χ1n) is 11.4. The smallest absolute Gasteiger partial charge is 0.198 e. The Bertz CT molecular complexity index is 516. The van der Waals surface area contributed by atoms with Gasteiger partial charge in [0.2, 0.25) is 0 Å². The number of allylic oxidation sites excluding steroid dienone is 2. The van der Waals surface area contributed by atoms with Crippen molar-refractivity contribution in [3.63, 3.8) is 0 Å². The first-order valence-corrected chi connectivity index (χ1v) is 11.4. The first kappa shape index (κ1) is 23.7. The summed E-state index contributed by atoms with van der Waals surface area (Å²) in [5, 5.41) is 0. The summed E-state index contributed by atoms with van der Waals surface area (Å²) in [6, 6.07) is 0.292. The molecule has 0 amide bonds. The third-order valence-electron chi connectivity index (χ3n) is 5.14. The molecule has 0 saturated carbocycles. The van der Waals surface area contributed by atoms with Gasteiger partial charge in [-0.25, -0.2) is 4.98 Å². The lowest BCUT2D eigenvalue weighted by atomic mass is 10.1. The van der Waals surface area contributed by atoms with Gasteiger partial charge in [-0.15, -0.1) is 0 Å².